The number of Topliss-reactive ketones (excluding diaryl/α,β-unsaturated/α-hetero) is 4. The molecule has 0 radical (unpaired) electrons. The van der Waals surface area contributed by atoms with Gasteiger partial charge in [-0.05, 0) is 27.2 Å². The Kier molecular flexibility index (Phi) is 36.3. The van der Waals surface area contributed by atoms with E-state index in [9.17, 15) is 24.0 Å². The summed E-state index contributed by atoms with van der Waals surface area (Å²) in [6.07, 6.45) is 2.23. The van der Waals surface area contributed by atoms with Gasteiger partial charge in [-0.2, -0.15) is 20.8 Å². The van der Waals surface area contributed by atoms with Crippen LogP contribution in [0.15, 0.2) is 24.3 Å². The van der Waals surface area contributed by atoms with Gasteiger partial charge in [0, 0.05) is 23.5 Å². The normalized spacial score (nSPS) is 9.33. The van der Waals surface area contributed by atoms with Crippen molar-refractivity contribution in [3.63, 3.8) is 0 Å². The maximum Gasteiger partial charge on any atom is 2.00 e. The fourth-order valence-corrected chi connectivity index (χ4v) is 1.85. The SMILES string of the molecule is CC.CC.CC(=O)C(C)CCC(=O)C[C-]=O.CC(=O)c1ccccc1C(C)=O.C[C-](C)C.[U+2]. The summed E-state index contributed by atoms with van der Waals surface area (Å²) in [4.78, 5) is 53.3. The second-order valence-corrected chi connectivity index (χ2v) is 7.07. The summed E-state index contributed by atoms with van der Waals surface area (Å²) >= 11 is 0. The molecular formula is C27H44O5U. The Morgan fingerprint density at radius 1 is 0.848 bits per heavy atom. The predicted molar refractivity (Wildman–Crippen MR) is 134 cm³/mol. The fraction of sp³-hybridized carbons (Fsp3) is 0.556. The molecule has 0 aliphatic carbocycles. The molecular weight excluding hydrogens is 642 g/mol. The van der Waals surface area contributed by atoms with Gasteiger partial charge < -0.3 is 15.5 Å². The standard InChI is InChI=1S/C10H10O2.C9H13O3.C4H9.2C2H6.U/c1-7(11)9-5-3-4-6-10(9)8(2)12;1-7(8(2)11)3-4-9(12)5-6-10;1-4(2)3;2*1-2;/h3-6H,1-2H3;7H,3-5H2,1-2H3;1-3H3;2*1-2H3;/q;2*-1;;;+2. The summed E-state index contributed by atoms with van der Waals surface area (Å²) in [7, 11) is 0. The van der Waals surface area contributed by atoms with Crippen molar-refractivity contribution < 1.29 is 55.1 Å². The zero-order valence-corrected chi connectivity index (χ0v) is 26.7. The molecule has 0 heterocycles. The van der Waals surface area contributed by atoms with Crippen LogP contribution >= 0.6 is 0 Å². The molecule has 1 aromatic rings. The minimum atomic E-state index is -0.148. The first kappa shape index (κ1) is 41.8. The van der Waals surface area contributed by atoms with Crippen molar-refractivity contribution in [2.45, 2.75) is 95.4 Å². The summed E-state index contributed by atoms with van der Waals surface area (Å²) in [5.74, 6) is 1.14. The molecule has 1 atom stereocenters. The Bertz CT molecular complexity index is 630. The van der Waals surface area contributed by atoms with Gasteiger partial charge in [-0.15, -0.1) is 0 Å². The maximum atomic E-state index is 11.0. The Morgan fingerprint density at radius 2 is 1.18 bits per heavy atom. The van der Waals surface area contributed by atoms with E-state index in [1.807, 2.05) is 27.7 Å². The van der Waals surface area contributed by atoms with Crippen LogP contribution in [-0.4, -0.2) is 29.4 Å². The first-order valence-electron chi connectivity index (χ1n) is 11.2. The van der Waals surface area contributed by atoms with Gasteiger partial charge in [0.25, 0.3) is 0 Å². The van der Waals surface area contributed by atoms with E-state index in [0.717, 1.165) is 0 Å². The quantitative estimate of drug-likeness (QED) is 0.170. The van der Waals surface area contributed by atoms with Crippen LogP contribution in [-0.2, 0) is 14.4 Å². The molecule has 1 aromatic carbocycles. The molecule has 0 spiro atoms. The minimum absolute atomic E-state index is 0. The van der Waals surface area contributed by atoms with Crippen LogP contribution in [0.3, 0.4) is 0 Å². The monoisotopic (exact) mass is 686 g/mol. The first-order chi connectivity index (χ1) is 14.9. The molecule has 5 nitrogen and oxygen atoms in total. The van der Waals surface area contributed by atoms with E-state index in [2.05, 4.69) is 20.8 Å². The van der Waals surface area contributed by atoms with Crippen LogP contribution in [0, 0.1) is 42.9 Å². The molecule has 0 fully saturated rings. The number of ketones is 4. The zero-order chi connectivity index (χ0) is 26.3. The summed E-state index contributed by atoms with van der Waals surface area (Å²) in [6.45, 7) is 20.4. The Hall–Kier alpha value is -1.38. The van der Waals surface area contributed by atoms with E-state index >= 15 is 0 Å². The van der Waals surface area contributed by atoms with Crippen LogP contribution < -0.4 is 0 Å². The third kappa shape index (κ3) is 28.6. The van der Waals surface area contributed by atoms with E-state index < -0.39 is 0 Å². The number of carbonyl (C=O) groups excluding carboxylic acids is 5. The molecule has 0 aromatic heterocycles. The smallest absolute Gasteiger partial charge is 0.541 e. The third-order valence-corrected chi connectivity index (χ3v) is 3.51. The number of hydrogen-bond acceptors (Lipinski definition) is 5. The Balaban J connectivity index is -0.000000118. The van der Waals surface area contributed by atoms with Crippen molar-refractivity contribution in [3.05, 3.63) is 41.3 Å². The molecule has 0 amide bonds. The molecule has 33 heavy (non-hydrogen) atoms. The molecule has 1 unspecified atom stereocenters. The predicted octanol–water partition coefficient (Wildman–Crippen LogP) is 6.83. The molecule has 0 aliphatic rings. The molecule has 0 aliphatic heterocycles. The first-order valence-corrected chi connectivity index (χ1v) is 11.2. The summed E-state index contributed by atoms with van der Waals surface area (Å²) < 4.78 is 0. The minimum Gasteiger partial charge on any atom is -0.541 e. The molecule has 0 bridgehead atoms. The van der Waals surface area contributed by atoms with Crippen molar-refractivity contribution in [1.29, 1.82) is 0 Å². The van der Waals surface area contributed by atoms with Gasteiger partial charge in [0.2, 0.25) is 0 Å². The molecule has 0 saturated heterocycles. The summed E-state index contributed by atoms with van der Waals surface area (Å²) in [5.41, 5.74) is 1.01. The van der Waals surface area contributed by atoms with E-state index in [1.54, 1.807) is 31.2 Å². The number of carbonyl (C=O) groups is 4. The average Bonchev–Trinajstić information content (AvgIpc) is 2.75. The molecule has 6 heteroatoms. The van der Waals surface area contributed by atoms with E-state index in [1.165, 1.54) is 33.0 Å². The van der Waals surface area contributed by atoms with Gasteiger partial charge in [-0.25, -0.2) is 0 Å². The van der Waals surface area contributed by atoms with Gasteiger partial charge in [0.15, 0.2) is 11.6 Å². The van der Waals surface area contributed by atoms with Gasteiger partial charge in [0.05, 0.1) is 0 Å². The second kappa shape index (κ2) is 28.7. The molecule has 186 valence electrons. The van der Waals surface area contributed by atoms with Gasteiger partial charge in [0.1, 0.15) is 11.6 Å². The fourth-order valence-electron chi connectivity index (χ4n) is 1.85. The second-order valence-electron chi connectivity index (χ2n) is 7.07. The van der Waals surface area contributed by atoms with Crippen LogP contribution in [0.1, 0.15) is 116 Å². The maximum absolute atomic E-state index is 11.0. The van der Waals surface area contributed by atoms with Gasteiger partial charge in [-0.3, -0.25) is 20.7 Å². The van der Waals surface area contributed by atoms with Crippen molar-refractivity contribution in [2.75, 3.05) is 0 Å². The Labute approximate surface area is 226 Å². The Morgan fingerprint density at radius 3 is 1.42 bits per heavy atom. The topological polar surface area (TPSA) is 85.3 Å². The van der Waals surface area contributed by atoms with Crippen molar-refractivity contribution in [1.82, 2.24) is 0 Å². The van der Waals surface area contributed by atoms with Crippen LogP contribution in [0.5, 0.6) is 0 Å². The molecule has 1 rings (SSSR count). The van der Waals surface area contributed by atoms with Crippen LogP contribution in [0.25, 0.3) is 0 Å². The van der Waals surface area contributed by atoms with Crippen LogP contribution in [0.4, 0.5) is 0 Å². The van der Waals surface area contributed by atoms with E-state index in [4.69, 9.17) is 0 Å². The van der Waals surface area contributed by atoms with Crippen molar-refractivity contribution in [2.24, 2.45) is 5.92 Å². The third-order valence-electron chi connectivity index (χ3n) is 3.51. The van der Waals surface area contributed by atoms with Crippen LogP contribution in [0.2, 0.25) is 0 Å². The zero-order valence-electron chi connectivity index (χ0n) is 22.5. The van der Waals surface area contributed by atoms with Crippen molar-refractivity contribution in [3.8, 4) is 0 Å². The van der Waals surface area contributed by atoms with E-state index in [-0.39, 0.29) is 66.6 Å². The number of rotatable bonds is 8. The number of benzene rings is 1. The number of hydrogen-bond donors (Lipinski definition) is 0. The van der Waals surface area contributed by atoms with Gasteiger partial charge >= 0.3 is 31.1 Å². The summed E-state index contributed by atoms with van der Waals surface area (Å²) in [6, 6.07) is 6.84. The van der Waals surface area contributed by atoms with Gasteiger partial charge in [-0.1, -0.05) is 65.3 Å². The molecule has 0 saturated carbocycles. The largest absolute Gasteiger partial charge is 2.00 e. The molecule has 0 N–H and O–H groups in total. The summed E-state index contributed by atoms with van der Waals surface area (Å²) in [5, 5.41) is 0. The average molecular weight is 687 g/mol. The van der Waals surface area contributed by atoms with Crippen molar-refractivity contribution >= 4 is 29.4 Å². The van der Waals surface area contributed by atoms with E-state index in [0.29, 0.717) is 24.0 Å².